The van der Waals surface area contributed by atoms with Crippen LogP contribution in [-0.2, 0) is 19.1 Å². The van der Waals surface area contributed by atoms with Crippen molar-refractivity contribution in [3.8, 4) is 0 Å². The molecule has 4 saturated carbocycles. The van der Waals surface area contributed by atoms with Crippen molar-refractivity contribution in [2.24, 2.45) is 50.7 Å². The first-order chi connectivity index (χ1) is 17.1. The lowest BCUT2D eigenvalue weighted by Crippen LogP contribution is -2.64. The molecule has 0 aliphatic heterocycles. The molecular weight excluding hydrogens is 464 g/mol. The second kappa shape index (κ2) is 8.18. The van der Waals surface area contributed by atoms with Crippen molar-refractivity contribution in [2.45, 2.75) is 119 Å². The molecule has 0 radical (unpaired) electrons. The fourth-order valence-corrected chi connectivity index (χ4v) is 11.2. The van der Waals surface area contributed by atoms with Crippen LogP contribution >= 0.6 is 0 Å². The van der Waals surface area contributed by atoms with Gasteiger partial charge in [0.2, 0.25) is 0 Å². The standard InChI is InChI=1S/C32H48O5/c1-18(2)25-21(34)17-32(27(35)36)16-15-30(7)20(26(25)32)9-10-23-29(6)13-12-24(37-19(3)33)28(4,5)22(29)11-14-31(23,30)8/h18,22-25H,9-17H2,1-8H3,(H,35,36)/t22-,23+,24-,25?,29-,30+,31+,32+/m0/s1. The molecule has 5 aliphatic rings. The minimum Gasteiger partial charge on any atom is -0.481 e. The van der Waals surface area contributed by atoms with Crippen LogP contribution in [0.3, 0.4) is 0 Å². The maximum Gasteiger partial charge on any atom is 0.314 e. The predicted molar refractivity (Wildman–Crippen MR) is 143 cm³/mol. The molecular formula is C32H48O5. The number of ether oxygens (including phenoxy) is 1. The van der Waals surface area contributed by atoms with Crippen molar-refractivity contribution in [3.05, 3.63) is 11.1 Å². The Labute approximate surface area is 223 Å². The summed E-state index contributed by atoms with van der Waals surface area (Å²) in [6.07, 6.45) is 7.70. The first-order valence-electron chi connectivity index (χ1n) is 14.7. The summed E-state index contributed by atoms with van der Waals surface area (Å²) >= 11 is 0. The number of hydrogen-bond acceptors (Lipinski definition) is 4. The van der Waals surface area contributed by atoms with Gasteiger partial charge >= 0.3 is 11.9 Å². The second-order valence-electron chi connectivity index (χ2n) is 15.0. The Morgan fingerprint density at radius 1 is 0.946 bits per heavy atom. The number of aliphatic carboxylic acids is 1. The van der Waals surface area contributed by atoms with Gasteiger partial charge in [-0.1, -0.05) is 54.0 Å². The third-order valence-electron chi connectivity index (χ3n) is 13.0. The highest BCUT2D eigenvalue weighted by Gasteiger charge is 2.69. The molecule has 0 aromatic carbocycles. The maximum absolute atomic E-state index is 13.3. The number of fused-ring (bicyclic) bond motifs is 6. The fraction of sp³-hybridized carbons (Fsp3) is 0.844. The van der Waals surface area contributed by atoms with Crippen molar-refractivity contribution >= 4 is 17.7 Å². The number of carboxylic acids is 1. The Balaban J connectivity index is 1.60. The fourth-order valence-electron chi connectivity index (χ4n) is 11.2. The third-order valence-corrected chi connectivity index (χ3v) is 13.0. The Hall–Kier alpha value is -1.65. The number of carbonyl (C=O) groups is 3. The van der Waals surface area contributed by atoms with Crippen LogP contribution in [0, 0.1) is 50.7 Å². The summed E-state index contributed by atoms with van der Waals surface area (Å²) in [5.74, 6) is 0.0359. The average Bonchev–Trinajstić information content (AvgIpc) is 3.09. The Morgan fingerprint density at radius 2 is 1.62 bits per heavy atom. The van der Waals surface area contributed by atoms with Gasteiger partial charge < -0.3 is 9.84 Å². The number of allylic oxidation sites excluding steroid dienone is 1. The van der Waals surface area contributed by atoms with E-state index in [2.05, 4.69) is 48.5 Å². The number of ketones is 1. The van der Waals surface area contributed by atoms with Gasteiger partial charge in [-0.25, -0.2) is 0 Å². The van der Waals surface area contributed by atoms with Gasteiger partial charge in [-0.15, -0.1) is 0 Å². The van der Waals surface area contributed by atoms with Gasteiger partial charge in [0.1, 0.15) is 11.9 Å². The SMILES string of the molecule is CC(=O)O[C@H]1CC[C@]2(C)[C@H]3CCC4=C5C(C(C)C)C(=O)C[C@]5(C(=O)O)CC[C@@]4(C)[C@]3(C)CC[C@H]2C1(C)C. The summed E-state index contributed by atoms with van der Waals surface area (Å²) in [7, 11) is 0. The topological polar surface area (TPSA) is 80.7 Å². The number of carboxylic acid groups (broad SMARTS) is 1. The zero-order valence-corrected chi connectivity index (χ0v) is 24.3. The number of carbonyl (C=O) groups excluding carboxylic acids is 2. The van der Waals surface area contributed by atoms with Crippen LogP contribution in [0.5, 0.6) is 0 Å². The molecule has 5 aliphatic carbocycles. The van der Waals surface area contributed by atoms with Crippen molar-refractivity contribution in [3.63, 3.8) is 0 Å². The normalized spacial score (nSPS) is 46.6. The van der Waals surface area contributed by atoms with Crippen LogP contribution in [-0.4, -0.2) is 28.9 Å². The molecule has 206 valence electrons. The molecule has 37 heavy (non-hydrogen) atoms. The van der Waals surface area contributed by atoms with E-state index in [0.717, 1.165) is 50.5 Å². The van der Waals surface area contributed by atoms with E-state index in [1.165, 1.54) is 12.5 Å². The molecule has 0 aromatic rings. The number of hydrogen-bond donors (Lipinski definition) is 1. The molecule has 5 heteroatoms. The largest absolute Gasteiger partial charge is 0.481 e. The van der Waals surface area contributed by atoms with Crippen LogP contribution in [0.15, 0.2) is 11.1 Å². The predicted octanol–water partition coefficient (Wildman–Crippen LogP) is 6.98. The van der Waals surface area contributed by atoms with Crippen LogP contribution < -0.4 is 0 Å². The highest BCUT2D eigenvalue weighted by Crippen LogP contribution is 2.76. The molecule has 0 bridgehead atoms. The highest BCUT2D eigenvalue weighted by atomic mass is 16.5. The van der Waals surface area contributed by atoms with E-state index in [9.17, 15) is 19.5 Å². The van der Waals surface area contributed by atoms with Gasteiger partial charge in [-0.05, 0) is 90.9 Å². The van der Waals surface area contributed by atoms with E-state index in [-0.39, 0.29) is 57.8 Å². The average molecular weight is 513 g/mol. The van der Waals surface area contributed by atoms with E-state index < -0.39 is 11.4 Å². The molecule has 8 atom stereocenters. The van der Waals surface area contributed by atoms with E-state index in [1.807, 2.05) is 0 Å². The highest BCUT2D eigenvalue weighted by molar-refractivity contribution is 5.98. The van der Waals surface area contributed by atoms with Gasteiger partial charge in [-0.2, -0.15) is 0 Å². The molecule has 5 rings (SSSR count). The number of rotatable bonds is 3. The summed E-state index contributed by atoms with van der Waals surface area (Å²) in [5, 5.41) is 10.5. The van der Waals surface area contributed by atoms with Gasteiger partial charge in [0.25, 0.3) is 0 Å². The maximum atomic E-state index is 13.3. The van der Waals surface area contributed by atoms with Crippen molar-refractivity contribution in [1.29, 1.82) is 0 Å². The van der Waals surface area contributed by atoms with Crippen LogP contribution in [0.2, 0.25) is 0 Å². The van der Waals surface area contributed by atoms with E-state index in [4.69, 9.17) is 4.74 Å². The Morgan fingerprint density at radius 3 is 2.22 bits per heavy atom. The van der Waals surface area contributed by atoms with Crippen LogP contribution in [0.25, 0.3) is 0 Å². The summed E-state index contributed by atoms with van der Waals surface area (Å²) < 4.78 is 5.86. The Kier molecular flexibility index (Phi) is 5.95. The first kappa shape index (κ1) is 26.9. The lowest BCUT2D eigenvalue weighted by molar-refractivity contribution is -0.213. The molecule has 0 heterocycles. The number of Topliss-reactive ketones (excluding diaryl/α,β-unsaturated/α-hetero) is 1. The molecule has 5 nitrogen and oxygen atoms in total. The van der Waals surface area contributed by atoms with Gasteiger partial charge in [0, 0.05) is 24.7 Å². The van der Waals surface area contributed by atoms with E-state index >= 15 is 0 Å². The zero-order chi connectivity index (χ0) is 27.3. The first-order valence-corrected chi connectivity index (χ1v) is 14.7. The van der Waals surface area contributed by atoms with Crippen molar-refractivity contribution in [1.82, 2.24) is 0 Å². The quantitative estimate of drug-likeness (QED) is 0.326. The van der Waals surface area contributed by atoms with Gasteiger partial charge in [-0.3, -0.25) is 14.4 Å². The summed E-state index contributed by atoms with van der Waals surface area (Å²) in [4.78, 5) is 38.0. The summed E-state index contributed by atoms with van der Waals surface area (Å²) in [6.45, 7) is 17.7. The van der Waals surface area contributed by atoms with E-state index in [1.54, 1.807) is 0 Å². The lowest BCUT2D eigenvalue weighted by Gasteiger charge is -2.70. The summed E-state index contributed by atoms with van der Waals surface area (Å²) in [5.41, 5.74) is 1.39. The van der Waals surface area contributed by atoms with Gasteiger partial charge in [0.05, 0.1) is 5.41 Å². The molecule has 0 spiro atoms. The monoisotopic (exact) mass is 512 g/mol. The summed E-state index contributed by atoms with van der Waals surface area (Å²) in [6, 6.07) is 0. The van der Waals surface area contributed by atoms with Crippen molar-refractivity contribution in [2.75, 3.05) is 0 Å². The molecule has 0 amide bonds. The smallest absolute Gasteiger partial charge is 0.314 e. The molecule has 4 fully saturated rings. The second-order valence-corrected chi connectivity index (χ2v) is 15.0. The lowest BCUT2D eigenvalue weighted by atomic mass is 9.34. The molecule has 0 saturated heterocycles. The van der Waals surface area contributed by atoms with Crippen LogP contribution in [0.4, 0.5) is 0 Å². The molecule has 0 aromatic heterocycles. The number of esters is 1. The van der Waals surface area contributed by atoms with Gasteiger partial charge in [0.15, 0.2) is 0 Å². The zero-order valence-electron chi connectivity index (χ0n) is 24.3. The van der Waals surface area contributed by atoms with Crippen molar-refractivity contribution < 1.29 is 24.2 Å². The Bertz CT molecular complexity index is 1070. The molecule has 1 N–H and O–H groups in total. The van der Waals surface area contributed by atoms with E-state index in [0.29, 0.717) is 18.3 Å². The minimum absolute atomic E-state index is 0.0357. The molecule has 1 unspecified atom stereocenters. The van der Waals surface area contributed by atoms with Crippen LogP contribution in [0.1, 0.15) is 113 Å². The third kappa shape index (κ3) is 3.30. The minimum atomic E-state index is -0.991.